The van der Waals surface area contributed by atoms with E-state index in [1.807, 2.05) is 72.2 Å². The Hall–Kier alpha value is -2.77. The number of carbonyl (C=O) groups is 1. The van der Waals surface area contributed by atoms with Crippen LogP contribution < -0.4 is 0 Å². The summed E-state index contributed by atoms with van der Waals surface area (Å²) in [6, 6.07) is 19.4. The zero-order chi connectivity index (χ0) is 20.2. The number of hydrogen-bond donors (Lipinski definition) is 0. The van der Waals surface area contributed by atoms with Crippen LogP contribution in [0.4, 0.5) is 0 Å². The maximum absolute atomic E-state index is 12.7. The van der Waals surface area contributed by atoms with Gasteiger partial charge in [-0.2, -0.15) is 0 Å². The number of aryl methyl sites for hydroxylation is 1. The summed E-state index contributed by atoms with van der Waals surface area (Å²) in [5.74, 6) is 0.987. The maximum atomic E-state index is 12.7. The Morgan fingerprint density at radius 3 is 2.55 bits per heavy atom. The topological polar surface area (TPSA) is 60.7 Å². The fourth-order valence-corrected chi connectivity index (χ4v) is 4.21. The first-order valence-electron chi connectivity index (χ1n) is 8.97. The van der Waals surface area contributed by atoms with Gasteiger partial charge in [0.05, 0.1) is 5.75 Å². The number of carbonyl (C=O) groups excluding carboxylic acids is 1. The molecule has 0 aliphatic heterocycles. The van der Waals surface area contributed by atoms with Gasteiger partial charge in [0.2, 0.25) is 0 Å². The predicted molar refractivity (Wildman–Crippen MR) is 119 cm³/mol. The molecule has 0 fully saturated rings. The number of thioether (sulfide) groups is 1. The van der Waals surface area contributed by atoms with Crippen LogP contribution in [0, 0.1) is 6.92 Å². The van der Waals surface area contributed by atoms with Crippen molar-refractivity contribution in [3.8, 4) is 17.1 Å². The SMILES string of the molecule is Cc1ccc(-n2c(SCC(=O)c3ccccc3Br)nnc2-c2cccnc2)cc1. The fraction of sp³-hybridized carbons (Fsp3) is 0.0909. The fourth-order valence-electron chi connectivity index (χ4n) is 2.87. The van der Waals surface area contributed by atoms with Crippen LogP contribution >= 0.6 is 27.7 Å². The number of ketones is 1. The predicted octanol–water partition coefficient (Wildman–Crippen LogP) is 5.38. The molecular weight excluding hydrogens is 448 g/mol. The normalized spacial score (nSPS) is 10.8. The molecule has 0 amide bonds. The van der Waals surface area contributed by atoms with Gasteiger partial charge in [0, 0.05) is 33.7 Å². The highest BCUT2D eigenvalue weighted by Gasteiger charge is 2.18. The van der Waals surface area contributed by atoms with Gasteiger partial charge in [-0.3, -0.25) is 14.3 Å². The zero-order valence-corrected chi connectivity index (χ0v) is 18.0. The molecule has 4 rings (SSSR count). The average molecular weight is 465 g/mol. The lowest BCUT2D eigenvalue weighted by atomic mass is 10.1. The van der Waals surface area contributed by atoms with Gasteiger partial charge in [0.15, 0.2) is 16.8 Å². The summed E-state index contributed by atoms with van der Waals surface area (Å²) in [5.41, 5.74) is 3.64. The number of aromatic nitrogens is 4. The first kappa shape index (κ1) is 19.5. The largest absolute Gasteiger partial charge is 0.293 e. The van der Waals surface area contributed by atoms with Crippen molar-refractivity contribution in [2.45, 2.75) is 12.1 Å². The molecule has 2 aromatic heterocycles. The molecule has 4 aromatic rings. The molecule has 2 aromatic carbocycles. The van der Waals surface area contributed by atoms with Crippen molar-refractivity contribution in [1.82, 2.24) is 19.7 Å². The minimum Gasteiger partial charge on any atom is -0.293 e. The third kappa shape index (κ3) is 4.31. The van der Waals surface area contributed by atoms with Gasteiger partial charge < -0.3 is 0 Å². The molecule has 144 valence electrons. The van der Waals surface area contributed by atoms with Crippen LogP contribution in [0.1, 0.15) is 15.9 Å². The summed E-state index contributed by atoms with van der Waals surface area (Å²) in [7, 11) is 0. The number of halogens is 1. The van der Waals surface area contributed by atoms with E-state index in [9.17, 15) is 4.79 Å². The molecular formula is C22H17BrN4OS. The van der Waals surface area contributed by atoms with E-state index in [1.165, 1.54) is 17.3 Å². The van der Waals surface area contributed by atoms with Crippen LogP contribution in [0.2, 0.25) is 0 Å². The molecule has 5 nitrogen and oxygen atoms in total. The second-order valence-electron chi connectivity index (χ2n) is 6.41. The highest BCUT2D eigenvalue weighted by Crippen LogP contribution is 2.29. The third-order valence-corrected chi connectivity index (χ3v) is 5.97. The number of rotatable bonds is 6. The molecule has 0 saturated carbocycles. The molecule has 0 radical (unpaired) electrons. The lowest BCUT2D eigenvalue weighted by Gasteiger charge is -2.10. The van der Waals surface area contributed by atoms with E-state index in [0.29, 0.717) is 16.5 Å². The Bertz CT molecular complexity index is 1140. The van der Waals surface area contributed by atoms with Crippen molar-refractivity contribution in [2.24, 2.45) is 0 Å². The molecule has 0 unspecified atom stereocenters. The molecule has 0 spiro atoms. The molecule has 0 aliphatic rings. The van der Waals surface area contributed by atoms with E-state index < -0.39 is 0 Å². The van der Waals surface area contributed by atoms with Gasteiger partial charge in [-0.1, -0.05) is 63.6 Å². The van der Waals surface area contributed by atoms with Gasteiger partial charge in [0.1, 0.15) is 0 Å². The Morgan fingerprint density at radius 1 is 1.03 bits per heavy atom. The van der Waals surface area contributed by atoms with Crippen LogP contribution in [-0.2, 0) is 0 Å². The Morgan fingerprint density at radius 2 is 1.83 bits per heavy atom. The van der Waals surface area contributed by atoms with Crippen LogP contribution in [-0.4, -0.2) is 31.3 Å². The number of pyridine rings is 1. The van der Waals surface area contributed by atoms with Crippen molar-refractivity contribution in [2.75, 3.05) is 5.75 Å². The van der Waals surface area contributed by atoms with E-state index in [1.54, 1.807) is 12.4 Å². The van der Waals surface area contributed by atoms with Gasteiger partial charge in [-0.15, -0.1) is 10.2 Å². The van der Waals surface area contributed by atoms with Crippen molar-refractivity contribution in [3.05, 3.63) is 88.7 Å². The summed E-state index contributed by atoms with van der Waals surface area (Å²) in [6.07, 6.45) is 3.48. The van der Waals surface area contributed by atoms with Gasteiger partial charge in [0.25, 0.3) is 0 Å². The van der Waals surface area contributed by atoms with E-state index in [2.05, 4.69) is 31.1 Å². The number of hydrogen-bond acceptors (Lipinski definition) is 5. The highest BCUT2D eigenvalue weighted by molar-refractivity contribution is 9.10. The van der Waals surface area contributed by atoms with Crippen LogP contribution in [0.5, 0.6) is 0 Å². The van der Waals surface area contributed by atoms with Crippen LogP contribution in [0.15, 0.2) is 82.7 Å². The summed E-state index contributed by atoms with van der Waals surface area (Å²) in [4.78, 5) is 16.9. The average Bonchev–Trinajstić information content (AvgIpc) is 3.17. The lowest BCUT2D eigenvalue weighted by molar-refractivity contribution is 0.102. The van der Waals surface area contributed by atoms with Gasteiger partial charge in [-0.05, 0) is 37.3 Å². The summed E-state index contributed by atoms with van der Waals surface area (Å²) in [6.45, 7) is 2.05. The number of Topliss-reactive ketones (excluding diaryl/α,β-unsaturated/α-hetero) is 1. The number of benzene rings is 2. The summed E-state index contributed by atoms with van der Waals surface area (Å²) >= 11 is 4.82. The first-order chi connectivity index (χ1) is 14.1. The first-order valence-corrected chi connectivity index (χ1v) is 10.7. The standard InChI is InChI=1S/C22H17BrN4OS/c1-15-8-10-17(11-9-15)27-21(16-5-4-12-24-13-16)25-26-22(27)29-14-20(28)18-6-2-3-7-19(18)23/h2-13H,14H2,1H3. The summed E-state index contributed by atoms with van der Waals surface area (Å²) < 4.78 is 2.76. The zero-order valence-electron chi connectivity index (χ0n) is 15.6. The Balaban J connectivity index is 1.68. The molecule has 7 heteroatoms. The van der Waals surface area contributed by atoms with Gasteiger partial charge >= 0.3 is 0 Å². The molecule has 0 saturated heterocycles. The van der Waals surface area contributed by atoms with E-state index >= 15 is 0 Å². The van der Waals surface area contributed by atoms with Crippen molar-refractivity contribution >= 4 is 33.5 Å². The van der Waals surface area contributed by atoms with Crippen molar-refractivity contribution in [1.29, 1.82) is 0 Å². The monoisotopic (exact) mass is 464 g/mol. The molecule has 0 atom stereocenters. The van der Waals surface area contributed by atoms with Crippen molar-refractivity contribution < 1.29 is 4.79 Å². The third-order valence-electron chi connectivity index (χ3n) is 4.35. The lowest BCUT2D eigenvalue weighted by Crippen LogP contribution is -2.05. The molecule has 0 bridgehead atoms. The van der Waals surface area contributed by atoms with E-state index in [-0.39, 0.29) is 11.5 Å². The molecule has 2 heterocycles. The molecule has 29 heavy (non-hydrogen) atoms. The minimum absolute atomic E-state index is 0.0314. The maximum Gasteiger partial charge on any atom is 0.196 e. The quantitative estimate of drug-likeness (QED) is 0.283. The molecule has 0 aliphatic carbocycles. The van der Waals surface area contributed by atoms with Crippen molar-refractivity contribution in [3.63, 3.8) is 0 Å². The Kier molecular flexibility index (Phi) is 5.87. The van der Waals surface area contributed by atoms with Crippen LogP contribution in [0.25, 0.3) is 17.1 Å². The van der Waals surface area contributed by atoms with E-state index in [0.717, 1.165) is 15.7 Å². The Labute approximate surface area is 181 Å². The summed E-state index contributed by atoms with van der Waals surface area (Å²) in [5, 5.41) is 9.41. The highest BCUT2D eigenvalue weighted by atomic mass is 79.9. The smallest absolute Gasteiger partial charge is 0.196 e. The second-order valence-corrected chi connectivity index (χ2v) is 8.21. The van der Waals surface area contributed by atoms with Crippen LogP contribution in [0.3, 0.4) is 0 Å². The number of nitrogens with zero attached hydrogens (tertiary/aromatic N) is 4. The second kappa shape index (κ2) is 8.71. The van der Waals surface area contributed by atoms with E-state index in [4.69, 9.17) is 0 Å². The van der Waals surface area contributed by atoms with Gasteiger partial charge in [-0.25, -0.2) is 0 Å². The minimum atomic E-state index is 0.0314. The molecule has 0 N–H and O–H groups in total.